The van der Waals surface area contributed by atoms with Gasteiger partial charge in [0.2, 0.25) is 0 Å². The second kappa shape index (κ2) is 9.52. The zero-order valence-electron chi connectivity index (χ0n) is 12.1. The molecule has 0 aliphatic carbocycles. The van der Waals surface area contributed by atoms with Gasteiger partial charge < -0.3 is 14.8 Å². The highest BCUT2D eigenvalue weighted by Crippen LogP contribution is 2.01. The number of amides is 1. The van der Waals surface area contributed by atoms with Gasteiger partial charge in [0.05, 0.1) is 7.11 Å². The summed E-state index contributed by atoms with van der Waals surface area (Å²) in [7, 11) is 1.25. The fraction of sp³-hybridized carbons (Fsp3) is 0.400. The quantitative estimate of drug-likeness (QED) is 0.437. The van der Waals surface area contributed by atoms with Crippen LogP contribution in [0.25, 0.3) is 0 Å². The van der Waals surface area contributed by atoms with Crippen molar-refractivity contribution in [2.75, 3.05) is 13.7 Å². The highest BCUT2D eigenvalue weighted by Gasteiger charge is 2.08. The van der Waals surface area contributed by atoms with Crippen LogP contribution in [0.15, 0.2) is 30.3 Å². The number of carbonyl (C=O) groups excluding carboxylic acids is 2. The van der Waals surface area contributed by atoms with Crippen molar-refractivity contribution in [1.82, 2.24) is 5.32 Å². The topological polar surface area (TPSA) is 88.5 Å². The first kappa shape index (κ1) is 16.7. The second-order valence-electron chi connectivity index (χ2n) is 4.42. The zero-order valence-corrected chi connectivity index (χ0v) is 12.1. The minimum atomic E-state index is -0.606. The summed E-state index contributed by atoms with van der Waals surface area (Å²) in [6.45, 7) is 0.682. The summed E-state index contributed by atoms with van der Waals surface area (Å²) in [4.78, 5) is 22.4. The van der Waals surface area contributed by atoms with Crippen LogP contribution in [0.2, 0.25) is 0 Å². The van der Waals surface area contributed by atoms with E-state index in [1.54, 1.807) is 0 Å². The number of ether oxygens (including phenoxy) is 2. The summed E-state index contributed by atoms with van der Waals surface area (Å²) in [5, 5.41) is 10.0. The number of esters is 1. The van der Waals surface area contributed by atoms with Crippen LogP contribution in [0, 0.1) is 5.41 Å². The van der Waals surface area contributed by atoms with Gasteiger partial charge in [0, 0.05) is 6.54 Å². The van der Waals surface area contributed by atoms with E-state index in [1.807, 2.05) is 30.3 Å². The lowest BCUT2D eigenvalue weighted by atomic mass is 10.1. The number of rotatable bonds is 8. The number of hydrogen-bond acceptors (Lipinski definition) is 5. The van der Waals surface area contributed by atoms with Crippen molar-refractivity contribution in [3.05, 3.63) is 35.9 Å². The average molecular weight is 292 g/mol. The smallest absolute Gasteiger partial charge is 0.407 e. The molecule has 1 rings (SSSR count). The molecule has 0 aliphatic rings. The molecule has 1 aromatic rings. The van der Waals surface area contributed by atoms with Crippen molar-refractivity contribution in [2.24, 2.45) is 0 Å². The number of unbranched alkanes of at least 4 members (excludes halogenated alkanes) is 1. The SMILES string of the molecule is COC(=O)C(=N)CCCCNC(=O)OCc1ccccc1. The van der Waals surface area contributed by atoms with Gasteiger partial charge in [-0.1, -0.05) is 30.3 Å². The predicted octanol–water partition coefficient (Wildman–Crippen LogP) is 2.28. The lowest BCUT2D eigenvalue weighted by Gasteiger charge is -2.07. The Hall–Kier alpha value is -2.37. The molecular weight excluding hydrogens is 272 g/mol. The molecule has 1 amide bonds. The van der Waals surface area contributed by atoms with Crippen molar-refractivity contribution in [1.29, 1.82) is 5.41 Å². The maximum Gasteiger partial charge on any atom is 0.407 e. The van der Waals surface area contributed by atoms with Crippen LogP contribution in [0.3, 0.4) is 0 Å². The zero-order chi connectivity index (χ0) is 15.5. The van der Waals surface area contributed by atoms with Gasteiger partial charge in [-0.3, -0.25) is 5.41 Å². The van der Waals surface area contributed by atoms with Crippen LogP contribution in [-0.2, 0) is 20.9 Å². The summed E-state index contributed by atoms with van der Waals surface area (Å²) < 4.78 is 9.47. The summed E-state index contributed by atoms with van der Waals surface area (Å²) in [6, 6.07) is 9.42. The number of hydrogen-bond donors (Lipinski definition) is 2. The van der Waals surface area contributed by atoms with Crippen molar-refractivity contribution in [3.8, 4) is 0 Å². The monoisotopic (exact) mass is 292 g/mol. The largest absolute Gasteiger partial charge is 0.465 e. The van der Waals surface area contributed by atoms with E-state index < -0.39 is 12.1 Å². The third kappa shape index (κ3) is 7.10. The molecule has 0 bridgehead atoms. The van der Waals surface area contributed by atoms with Crippen molar-refractivity contribution in [2.45, 2.75) is 25.9 Å². The Balaban J connectivity index is 2.06. The molecule has 2 N–H and O–H groups in total. The molecule has 0 unspecified atom stereocenters. The maximum absolute atomic E-state index is 11.4. The van der Waals surface area contributed by atoms with Crippen LogP contribution in [-0.4, -0.2) is 31.4 Å². The van der Waals surface area contributed by atoms with Crippen LogP contribution >= 0.6 is 0 Å². The molecule has 0 aromatic heterocycles. The Morgan fingerprint density at radius 1 is 1.19 bits per heavy atom. The van der Waals surface area contributed by atoms with E-state index in [4.69, 9.17) is 10.1 Å². The number of carbonyl (C=O) groups is 2. The predicted molar refractivity (Wildman–Crippen MR) is 78.2 cm³/mol. The molecule has 0 fully saturated rings. The highest BCUT2D eigenvalue weighted by molar-refractivity contribution is 6.34. The molecule has 0 radical (unpaired) electrons. The number of benzene rings is 1. The molecule has 0 heterocycles. The minimum Gasteiger partial charge on any atom is -0.465 e. The Labute approximate surface area is 124 Å². The van der Waals surface area contributed by atoms with Crippen molar-refractivity contribution in [3.63, 3.8) is 0 Å². The molecule has 0 aliphatic heterocycles. The van der Waals surface area contributed by atoms with Gasteiger partial charge in [0.1, 0.15) is 12.3 Å². The first-order valence-electron chi connectivity index (χ1n) is 6.73. The molecular formula is C15H20N2O4. The van der Waals surface area contributed by atoms with Gasteiger partial charge in [-0.25, -0.2) is 9.59 Å². The second-order valence-corrected chi connectivity index (χ2v) is 4.42. The molecule has 6 heteroatoms. The fourth-order valence-corrected chi connectivity index (χ4v) is 1.62. The van der Waals surface area contributed by atoms with E-state index in [1.165, 1.54) is 7.11 Å². The Morgan fingerprint density at radius 2 is 1.90 bits per heavy atom. The summed E-state index contributed by atoms with van der Waals surface area (Å²) >= 11 is 0. The van der Waals surface area contributed by atoms with E-state index in [0.717, 1.165) is 5.56 Å². The van der Waals surface area contributed by atoms with Gasteiger partial charge in [0.15, 0.2) is 0 Å². The van der Waals surface area contributed by atoms with Crippen molar-refractivity contribution >= 4 is 17.8 Å². The summed E-state index contributed by atoms with van der Waals surface area (Å²) in [5.74, 6) is -0.606. The number of methoxy groups -OCH3 is 1. The third-order valence-corrected chi connectivity index (χ3v) is 2.77. The number of alkyl carbamates (subject to hydrolysis) is 1. The highest BCUT2D eigenvalue weighted by atomic mass is 16.5. The molecule has 1 aromatic carbocycles. The van der Waals surface area contributed by atoms with Gasteiger partial charge in [0.25, 0.3) is 0 Å². The van der Waals surface area contributed by atoms with Gasteiger partial charge in [-0.15, -0.1) is 0 Å². The minimum absolute atomic E-state index is 0.0517. The maximum atomic E-state index is 11.4. The first-order chi connectivity index (χ1) is 10.1. The summed E-state index contributed by atoms with van der Waals surface area (Å²) in [5.41, 5.74) is 0.878. The van der Waals surface area contributed by atoms with E-state index in [9.17, 15) is 9.59 Å². The molecule has 6 nitrogen and oxygen atoms in total. The Morgan fingerprint density at radius 3 is 2.57 bits per heavy atom. The van der Waals surface area contributed by atoms with E-state index in [-0.39, 0.29) is 12.3 Å². The van der Waals surface area contributed by atoms with E-state index >= 15 is 0 Å². The lowest BCUT2D eigenvalue weighted by Crippen LogP contribution is -2.25. The normalized spacial score (nSPS) is 9.76. The van der Waals surface area contributed by atoms with E-state index in [0.29, 0.717) is 25.8 Å². The van der Waals surface area contributed by atoms with E-state index in [2.05, 4.69) is 10.1 Å². The van der Waals surface area contributed by atoms with Crippen LogP contribution in [0.1, 0.15) is 24.8 Å². The average Bonchev–Trinajstić information content (AvgIpc) is 2.52. The van der Waals surface area contributed by atoms with Crippen molar-refractivity contribution < 1.29 is 19.1 Å². The van der Waals surface area contributed by atoms with Gasteiger partial charge >= 0.3 is 12.1 Å². The summed E-state index contributed by atoms with van der Waals surface area (Å²) in [6.07, 6.45) is 1.17. The molecule has 21 heavy (non-hydrogen) atoms. The van der Waals surface area contributed by atoms with Crippen LogP contribution in [0.4, 0.5) is 4.79 Å². The molecule has 0 spiro atoms. The first-order valence-corrected chi connectivity index (χ1v) is 6.73. The lowest BCUT2D eigenvalue weighted by molar-refractivity contribution is -0.132. The standard InChI is InChI=1S/C15H20N2O4/c1-20-14(18)13(16)9-5-6-10-17-15(19)21-11-12-7-3-2-4-8-12/h2-4,7-8,16H,5-6,9-11H2,1H3,(H,17,19). The Kier molecular flexibility index (Phi) is 7.56. The number of nitrogens with one attached hydrogen (secondary N) is 2. The Bertz CT molecular complexity index is 474. The molecule has 0 saturated carbocycles. The molecule has 0 saturated heterocycles. The fourth-order valence-electron chi connectivity index (χ4n) is 1.62. The van der Waals surface area contributed by atoms with Gasteiger partial charge in [-0.05, 0) is 24.8 Å². The van der Waals surface area contributed by atoms with Crippen LogP contribution < -0.4 is 5.32 Å². The molecule has 114 valence electrons. The van der Waals surface area contributed by atoms with Gasteiger partial charge in [-0.2, -0.15) is 0 Å². The van der Waals surface area contributed by atoms with Crippen LogP contribution in [0.5, 0.6) is 0 Å². The molecule has 0 atom stereocenters. The third-order valence-electron chi connectivity index (χ3n) is 2.77.